The molecule has 0 bridgehead atoms. The van der Waals surface area contributed by atoms with Crippen LogP contribution in [0.3, 0.4) is 0 Å². The standard InChI is InChI=1S/C50H41N5S/c1-50(2)39-32-36(49-52-47(34-18-8-5-9-19-34)51-48(53-49)35-20-10-6-11-21-35)28-30-41(39)54(37-22-12-7-13-23-37)42-31-29-38(33-40(42)50)55-43-24-14-16-26-45(43)56(3,4)46-27-17-15-25-44(46)55/h5-33H,1-4H3. The zero-order valence-electron chi connectivity index (χ0n) is 31.9. The molecule has 5 nitrogen and oxygen atoms in total. The highest BCUT2D eigenvalue weighted by atomic mass is 32.3. The second kappa shape index (κ2) is 13.1. The van der Waals surface area contributed by atoms with E-state index in [1.54, 1.807) is 0 Å². The van der Waals surface area contributed by atoms with Crippen LogP contribution >= 0.6 is 10.0 Å². The van der Waals surface area contributed by atoms with Crippen LogP contribution in [0.4, 0.5) is 34.1 Å². The molecule has 0 spiro atoms. The minimum Gasteiger partial charge on any atom is -0.310 e. The van der Waals surface area contributed by atoms with Crippen molar-refractivity contribution in [3.05, 3.63) is 187 Å². The lowest BCUT2D eigenvalue weighted by Gasteiger charge is -2.46. The molecular formula is C50H41N5S. The van der Waals surface area contributed by atoms with Crippen molar-refractivity contribution in [2.24, 2.45) is 0 Å². The molecule has 1 aromatic heterocycles. The summed E-state index contributed by atoms with van der Waals surface area (Å²) >= 11 is 0. The fraction of sp³-hybridized carbons (Fsp3) is 0.100. The van der Waals surface area contributed by atoms with Gasteiger partial charge in [0.05, 0.1) is 22.7 Å². The number of rotatable bonds is 5. The predicted octanol–water partition coefficient (Wildman–Crippen LogP) is 13.2. The summed E-state index contributed by atoms with van der Waals surface area (Å²) in [5.41, 5.74) is 12.0. The van der Waals surface area contributed by atoms with Gasteiger partial charge in [0.25, 0.3) is 0 Å². The van der Waals surface area contributed by atoms with Gasteiger partial charge in [0.15, 0.2) is 17.5 Å². The molecule has 0 saturated carbocycles. The first-order valence-corrected chi connectivity index (χ1v) is 21.5. The van der Waals surface area contributed by atoms with Gasteiger partial charge in [-0.2, -0.15) is 10.0 Å². The minimum atomic E-state index is -1.21. The third kappa shape index (κ3) is 5.43. The molecule has 6 heteroatoms. The van der Waals surface area contributed by atoms with Crippen LogP contribution in [0.25, 0.3) is 34.2 Å². The molecule has 0 amide bonds. The van der Waals surface area contributed by atoms with Crippen molar-refractivity contribution in [3.8, 4) is 34.2 Å². The summed E-state index contributed by atoms with van der Waals surface area (Å²) in [5.74, 6) is 1.95. The van der Waals surface area contributed by atoms with Crippen molar-refractivity contribution >= 4 is 44.2 Å². The zero-order chi connectivity index (χ0) is 38.0. The van der Waals surface area contributed by atoms with Crippen LogP contribution in [0.5, 0.6) is 0 Å². The summed E-state index contributed by atoms with van der Waals surface area (Å²) in [7, 11) is -1.21. The number of fused-ring (bicyclic) bond motifs is 4. The summed E-state index contributed by atoms with van der Waals surface area (Å²) in [5, 5.41) is 0. The Morgan fingerprint density at radius 2 is 0.821 bits per heavy atom. The van der Waals surface area contributed by atoms with Gasteiger partial charge in [-0.05, 0) is 96.4 Å². The van der Waals surface area contributed by atoms with Crippen molar-refractivity contribution < 1.29 is 0 Å². The van der Waals surface area contributed by atoms with Gasteiger partial charge in [-0.1, -0.05) is 117 Å². The van der Waals surface area contributed by atoms with Gasteiger partial charge in [0.1, 0.15) is 0 Å². The molecule has 0 atom stereocenters. The summed E-state index contributed by atoms with van der Waals surface area (Å²) in [6, 6.07) is 62.7. The van der Waals surface area contributed by atoms with Gasteiger partial charge in [0, 0.05) is 43.3 Å². The minimum absolute atomic E-state index is 0.376. The molecule has 10 rings (SSSR count). The topological polar surface area (TPSA) is 45.2 Å². The van der Waals surface area contributed by atoms with Crippen LogP contribution in [0.2, 0.25) is 0 Å². The highest BCUT2D eigenvalue weighted by Crippen LogP contribution is 2.67. The summed E-state index contributed by atoms with van der Waals surface area (Å²) < 4.78 is 0. The molecular weight excluding hydrogens is 703 g/mol. The maximum Gasteiger partial charge on any atom is 0.164 e. The van der Waals surface area contributed by atoms with E-state index in [-0.39, 0.29) is 5.41 Å². The fourth-order valence-corrected chi connectivity index (χ4v) is 10.9. The van der Waals surface area contributed by atoms with Crippen molar-refractivity contribution in [3.63, 3.8) is 0 Å². The van der Waals surface area contributed by atoms with E-state index in [1.165, 1.54) is 38.0 Å². The maximum atomic E-state index is 5.11. The van der Waals surface area contributed by atoms with Gasteiger partial charge in [-0.25, -0.2) is 15.0 Å². The van der Waals surface area contributed by atoms with Gasteiger partial charge in [0.2, 0.25) is 0 Å². The smallest absolute Gasteiger partial charge is 0.164 e. The van der Waals surface area contributed by atoms with E-state index >= 15 is 0 Å². The van der Waals surface area contributed by atoms with Crippen LogP contribution in [-0.4, -0.2) is 27.5 Å². The Morgan fingerprint density at radius 3 is 1.38 bits per heavy atom. The lowest BCUT2D eigenvalue weighted by molar-refractivity contribution is 0.632. The van der Waals surface area contributed by atoms with E-state index in [4.69, 9.17) is 15.0 Å². The molecule has 2 aliphatic heterocycles. The monoisotopic (exact) mass is 743 g/mol. The van der Waals surface area contributed by atoms with Gasteiger partial charge in [-0.15, -0.1) is 0 Å². The lowest BCUT2D eigenvalue weighted by atomic mass is 9.73. The van der Waals surface area contributed by atoms with E-state index in [0.29, 0.717) is 17.5 Å². The third-order valence-corrected chi connectivity index (χ3v) is 14.2. The molecule has 0 N–H and O–H groups in total. The quantitative estimate of drug-likeness (QED) is 0.176. The Kier molecular flexibility index (Phi) is 7.94. The van der Waals surface area contributed by atoms with Crippen LogP contribution < -0.4 is 9.80 Å². The number of hydrogen-bond donors (Lipinski definition) is 0. The maximum absolute atomic E-state index is 5.11. The largest absolute Gasteiger partial charge is 0.310 e. The number of nitrogens with zero attached hydrogens (tertiary/aromatic N) is 5. The first kappa shape index (κ1) is 34.0. The predicted molar refractivity (Wildman–Crippen MR) is 234 cm³/mol. The summed E-state index contributed by atoms with van der Waals surface area (Å²) in [6.45, 7) is 4.70. The first-order chi connectivity index (χ1) is 27.3. The fourth-order valence-electron chi connectivity index (χ4n) is 8.47. The third-order valence-electron chi connectivity index (χ3n) is 11.3. The van der Waals surface area contributed by atoms with Gasteiger partial charge >= 0.3 is 0 Å². The number of anilines is 6. The number of benzene rings is 7. The van der Waals surface area contributed by atoms with E-state index in [9.17, 15) is 0 Å². The molecule has 0 unspecified atom stereocenters. The Balaban J connectivity index is 1.17. The summed E-state index contributed by atoms with van der Waals surface area (Å²) in [4.78, 5) is 22.9. The molecule has 3 heterocycles. The molecule has 0 fully saturated rings. The molecule has 56 heavy (non-hydrogen) atoms. The molecule has 8 aromatic rings. The SMILES string of the molecule is CC1(C)c2cc(-c3nc(-c4ccccc4)nc(-c4ccccc4)n3)ccc2N(c2ccccc2)c2ccc(N3c4ccccc4S(C)(C)c4ccccc43)cc21. The van der Waals surface area contributed by atoms with Gasteiger partial charge in [-0.3, -0.25) is 0 Å². The Bertz CT molecular complexity index is 2660. The van der Waals surface area contributed by atoms with Crippen LogP contribution in [0.15, 0.2) is 186 Å². The van der Waals surface area contributed by atoms with Crippen molar-refractivity contribution in [2.45, 2.75) is 29.1 Å². The van der Waals surface area contributed by atoms with Crippen molar-refractivity contribution in [1.82, 2.24) is 15.0 Å². The Labute approximate surface area is 330 Å². The van der Waals surface area contributed by atoms with Crippen LogP contribution in [-0.2, 0) is 5.41 Å². The number of para-hydroxylation sites is 3. The Hall–Kier alpha value is -6.50. The number of aromatic nitrogens is 3. The van der Waals surface area contributed by atoms with E-state index in [1.807, 2.05) is 36.4 Å². The zero-order valence-corrected chi connectivity index (χ0v) is 32.7. The average molecular weight is 744 g/mol. The van der Waals surface area contributed by atoms with E-state index in [2.05, 4.69) is 176 Å². The molecule has 0 saturated heterocycles. The Morgan fingerprint density at radius 1 is 0.393 bits per heavy atom. The molecule has 272 valence electrons. The first-order valence-electron chi connectivity index (χ1n) is 19.0. The second-order valence-electron chi connectivity index (χ2n) is 15.4. The molecule has 0 aliphatic carbocycles. The highest BCUT2D eigenvalue weighted by molar-refractivity contribution is 8.33. The lowest BCUT2D eigenvalue weighted by Crippen LogP contribution is -2.31. The normalized spacial score (nSPS) is 15.2. The molecule has 2 aliphatic rings. The van der Waals surface area contributed by atoms with Crippen LogP contribution in [0, 0.1) is 0 Å². The van der Waals surface area contributed by atoms with E-state index < -0.39 is 10.0 Å². The second-order valence-corrected chi connectivity index (χ2v) is 18.9. The van der Waals surface area contributed by atoms with Crippen LogP contribution in [0.1, 0.15) is 25.0 Å². The molecule has 0 radical (unpaired) electrons. The number of hydrogen-bond acceptors (Lipinski definition) is 5. The van der Waals surface area contributed by atoms with Gasteiger partial charge < -0.3 is 9.80 Å². The highest BCUT2D eigenvalue weighted by Gasteiger charge is 2.39. The van der Waals surface area contributed by atoms with Crippen molar-refractivity contribution in [2.75, 3.05) is 22.3 Å². The molecule has 7 aromatic carbocycles. The summed E-state index contributed by atoms with van der Waals surface area (Å²) in [6.07, 6.45) is 4.84. The van der Waals surface area contributed by atoms with Crippen molar-refractivity contribution in [1.29, 1.82) is 0 Å². The van der Waals surface area contributed by atoms with E-state index in [0.717, 1.165) is 33.8 Å². The average Bonchev–Trinajstić information content (AvgIpc) is 3.25.